The van der Waals surface area contributed by atoms with Crippen molar-refractivity contribution in [3.63, 3.8) is 0 Å². The third-order valence-electron chi connectivity index (χ3n) is 2.83. The van der Waals surface area contributed by atoms with Crippen molar-refractivity contribution in [2.75, 3.05) is 0 Å². The van der Waals surface area contributed by atoms with Crippen LogP contribution in [0.15, 0.2) is 24.3 Å². The maximum atomic E-state index is 11.8. The van der Waals surface area contributed by atoms with E-state index in [0.29, 0.717) is 17.0 Å². The topological polar surface area (TPSA) is 72.2 Å². The van der Waals surface area contributed by atoms with E-state index in [2.05, 4.69) is 5.32 Å². The van der Waals surface area contributed by atoms with Crippen molar-refractivity contribution in [1.29, 1.82) is 0 Å². The summed E-state index contributed by atoms with van der Waals surface area (Å²) < 4.78 is 0. The third kappa shape index (κ3) is 3.74. The van der Waals surface area contributed by atoms with Crippen molar-refractivity contribution < 1.29 is 9.59 Å². The fourth-order valence-electron chi connectivity index (χ4n) is 1.44. The predicted molar refractivity (Wildman–Crippen MR) is 71.0 cm³/mol. The average molecular weight is 269 g/mol. The Hall–Kier alpha value is -1.55. The summed E-state index contributed by atoms with van der Waals surface area (Å²) in [4.78, 5) is 23.2. The summed E-state index contributed by atoms with van der Waals surface area (Å²) in [6, 6.07) is 5.84. The maximum Gasteiger partial charge on any atom is 0.244 e. The molecule has 1 aromatic carbocycles. The highest BCUT2D eigenvalue weighted by Crippen LogP contribution is 2.17. The van der Waals surface area contributed by atoms with Gasteiger partial charge in [-0.05, 0) is 24.1 Å². The molecule has 0 spiro atoms. The van der Waals surface area contributed by atoms with Gasteiger partial charge in [-0.2, -0.15) is 0 Å². The van der Waals surface area contributed by atoms with Crippen LogP contribution in [0.5, 0.6) is 0 Å². The first-order valence-corrected chi connectivity index (χ1v) is 6.18. The summed E-state index contributed by atoms with van der Waals surface area (Å²) in [5, 5.41) is 3.21. The Morgan fingerprint density at radius 2 is 1.89 bits per heavy atom. The van der Waals surface area contributed by atoms with Crippen LogP contribution in [0.3, 0.4) is 0 Å². The van der Waals surface area contributed by atoms with Crippen LogP contribution in [0.4, 0.5) is 0 Å². The molecule has 0 fully saturated rings. The van der Waals surface area contributed by atoms with E-state index in [1.165, 1.54) is 0 Å². The molecular formula is C13H17ClN2O2. The van der Waals surface area contributed by atoms with Crippen molar-refractivity contribution in [1.82, 2.24) is 5.32 Å². The number of rotatable bonds is 5. The van der Waals surface area contributed by atoms with Crippen LogP contribution in [0.1, 0.15) is 31.9 Å². The standard InChI is InChI=1S/C13H17ClN2O2/c1-3-8(2)13(18)16-11(12(15)17)9-4-6-10(14)7-5-9/h4-8,11H,3H2,1-2H3,(H2,15,17)(H,16,18)/t8-,11+/m0/s1. The van der Waals surface area contributed by atoms with E-state index >= 15 is 0 Å². The normalized spacial score (nSPS) is 13.7. The molecule has 0 radical (unpaired) electrons. The highest BCUT2D eigenvalue weighted by Gasteiger charge is 2.22. The van der Waals surface area contributed by atoms with Gasteiger partial charge in [-0.15, -0.1) is 0 Å². The Kier molecular flexibility index (Phi) is 5.16. The molecule has 3 N–H and O–H groups in total. The zero-order chi connectivity index (χ0) is 13.7. The van der Waals surface area contributed by atoms with Crippen molar-refractivity contribution in [3.8, 4) is 0 Å². The van der Waals surface area contributed by atoms with Gasteiger partial charge in [0.2, 0.25) is 11.8 Å². The summed E-state index contributed by atoms with van der Waals surface area (Å²) in [5.41, 5.74) is 5.94. The van der Waals surface area contributed by atoms with E-state index in [9.17, 15) is 9.59 Å². The molecule has 98 valence electrons. The molecule has 5 heteroatoms. The van der Waals surface area contributed by atoms with Crippen LogP contribution in [0.2, 0.25) is 5.02 Å². The smallest absolute Gasteiger partial charge is 0.244 e. The largest absolute Gasteiger partial charge is 0.368 e. The number of benzene rings is 1. The highest BCUT2D eigenvalue weighted by atomic mass is 35.5. The Balaban J connectivity index is 2.87. The summed E-state index contributed by atoms with van der Waals surface area (Å²) in [6.07, 6.45) is 0.706. The molecule has 0 aliphatic carbocycles. The van der Waals surface area contributed by atoms with E-state index < -0.39 is 11.9 Å². The molecule has 2 amide bonds. The van der Waals surface area contributed by atoms with E-state index in [1.807, 2.05) is 6.92 Å². The molecule has 0 unspecified atom stereocenters. The summed E-state index contributed by atoms with van der Waals surface area (Å²) in [6.45, 7) is 3.71. The zero-order valence-electron chi connectivity index (χ0n) is 10.4. The number of amides is 2. The fourth-order valence-corrected chi connectivity index (χ4v) is 1.57. The second-order valence-electron chi connectivity index (χ2n) is 4.20. The minimum atomic E-state index is -0.816. The molecule has 0 saturated heterocycles. The quantitative estimate of drug-likeness (QED) is 0.858. The van der Waals surface area contributed by atoms with Gasteiger partial charge in [0.15, 0.2) is 0 Å². The first-order chi connectivity index (χ1) is 8.45. The van der Waals surface area contributed by atoms with Crippen LogP contribution >= 0.6 is 11.6 Å². The molecular weight excluding hydrogens is 252 g/mol. The molecule has 18 heavy (non-hydrogen) atoms. The van der Waals surface area contributed by atoms with Crippen LogP contribution in [0, 0.1) is 5.92 Å². The third-order valence-corrected chi connectivity index (χ3v) is 3.09. The van der Waals surface area contributed by atoms with Gasteiger partial charge in [-0.25, -0.2) is 0 Å². The highest BCUT2D eigenvalue weighted by molar-refractivity contribution is 6.30. The van der Waals surface area contributed by atoms with Gasteiger partial charge in [0.1, 0.15) is 6.04 Å². The Bertz CT molecular complexity index is 431. The number of hydrogen-bond acceptors (Lipinski definition) is 2. The molecule has 0 aliphatic rings. The number of primary amides is 1. The molecule has 2 atom stereocenters. The lowest BCUT2D eigenvalue weighted by molar-refractivity contribution is -0.129. The van der Waals surface area contributed by atoms with E-state index in [4.69, 9.17) is 17.3 Å². The van der Waals surface area contributed by atoms with Gasteiger partial charge in [0, 0.05) is 10.9 Å². The van der Waals surface area contributed by atoms with Crippen LogP contribution in [-0.4, -0.2) is 11.8 Å². The number of carbonyl (C=O) groups is 2. The lowest BCUT2D eigenvalue weighted by Gasteiger charge is -2.18. The molecule has 0 saturated carbocycles. The molecule has 4 nitrogen and oxygen atoms in total. The average Bonchev–Trinajstić information content (AvgIpc) is 2.35. The van der Waals surface area contributed by atoms with Crippen molar-refractivity contribution in [2.24, 2.45) is 11.7 Å². The summed E-state index contributed by atoms with van der Waals surface area (Å²) >= 11 is 5.77. The predicted octanol–water partition coefficient (Wildman–Crippen LogP) is 2.03. The molecule has 0 aliphatic heterocycles. The van der Waals surface area contributed by atoms with Gasteiger partial charge in [0.25, 0.3) is 0 Å². The molecule has 1 aromatic rings. The second-order valence-corrected chi connectivity index (χ2v) is 4.64. The number of nitrogens with one attached hydrogen (secondary N) is 1. The molecule has 0 aromatic heterocycles. The number of hydrogen-bond donors (Lipinski definition) is 2. The Labute approximate surface area is 112 Å². The zero-order valence-corrected chi connectivity index (χ0v) is 11.2. The number of nitrogens with two attached hydrogens (primary N) is 1. The van der Waals surface area contributed by atoms with Crippen molar-refractivity contribution in [3.05, 3.63) is 34.9 Å². The Morgan fingerprint density at radius 3 is 2.33 bits per heavy atom. The second kappa shape index (κ2) is 6.40. The van der Waals surface area contributed by atoms with Crippen LogP contribution in [-0.2, 0) is 9.59 Å². The summed E-state index contributed by atoms with van der Waals surface area (Å²) in [5.74, 6) is -0.927. The van der Waals surface area contributed by atoms with E-state index in [0.717, 1.165) is 0 Å². The van der Waals surface area contributed by atoms with Gasteiger partial charge in [0.05, 0.1) is 0 Å². The van der Waals surface area contributed by atoms with Crippen molar-refractivity contribution >= 4 is 23.4 Å². The fraction of sp³-hybridized carbons (Fsp3) is 0.385. The van der Waals surface area contributed by atoms with Gasteiger partial charge in [-0.1, -0.05) is 37.6 Å². The monoisotopic (exact) mass is 268 g/mol. The Morgan fingerprint density at radius 1 is 1.33 bits per heavy atom. The number of halogens is 1. The summed E-state index contributed by atoms with van der Waals surface area (Å²) in [7, 11) is 0. The van der Waals surface area contributed by atoms with Gasteiger partial charge in [-0.3, -0.25) is 9.59 Å². The molecule has 1 rings (SSSR count). The lowest BCUT2D eigenvalue weighted by Crippen LogP contribution is -2.39. The maximum absolute atomic E-state index is 11.8. The SMILES string of the molecule is CC[C@H](C)C(=O)N[C@@H](C(N)=O)c1ccc(Cl)cc1. The minimum Gasteiger partial charge on any atom is -0.368 e. The minimum absolute atomic E-state index is 0.154. The lowest BCUT2D eigenvalue weighted by atomic mass is 10.0. The van der Waals surface area contributed by atoms with Gasteiger partial charge < -0.3 is 11.1 Å². The van der Waals surface area contributed by atoms with Crippen molar-refractivity contribution in [2.45, 2.75) is 26.3 Å². The van der Waals surface area contributed by atoms with E-state index in [1.54, 1.807) is 31.2 Å². The van der Waals surface area contributed by atoms with E-state index in [-0.39, 0.29) is 11.8 Å². The van der Waals surface area contributed by atoms with Gasteiger partial charge >= 0.3 is 0 Å². The first kappa shape index (κ1) is 14.5. The van der Waals surface area contributed by atoms with Crippen LogP contribution in [0.25, 0.3) is 0 Å². The molecule has 0 heterocycles. The molecule has 0 bridgehead atoms. The van der Waals surface area contributed by atoms with Crippen LogP contribution < -0.4 is 11.1 Å². The first-order valence-electron chi connectivity index (χ1n) is 5.80. The number of carbonyl (C=O) groups excluding carboxylic acids is 2.